The van der Waals surface area contributed by atoms with E-state index in [0.29, 0.717) is 11.5 Å². The van der Waals surface area contributed by atoms with Gasteiger partial charge in [0.25, 0.3) is 5.91 Å². The van der Waals surface area contributed by atoms with Crippen molar-refractivity contribution in [3.8, 4) is 0 Å². The van der Waals surface area contributed by atoms with Crippen LogP contribution in [0.15, 0.2) is 22.6 Å². The van der Waals surface area contributed by atoms with Crippen molar-refractivity contribution in [2.45, 2.75) is 25.7 Å². The van der Waals surface area contributed by atoms with Crippen LogP contribution >= 0.6 is 22.6 Å². The normalized spacial score (nSPS) is 18.5. The Morgan fingerprint density at radius 2 is 2.14 bits per heavy atom. The lowest BCUT2D eigenvalue weighted by molar-refractivity contribution is -0.110. The zero-order valence-corrected chi connectivity index (χ0v) is 13.4. The molecular formula is C16H13IN2O2. The first-order chi connectivity index (χ1) is 10.2. The third kappa shape index (κ3) is 2.29. The number of hydrogen-bond donors (Lipinski definition) is 1. The minimum absolute atomic E-state index is 0.0943. The summed E-state index contributed by atoms with van der Waals surface area (Å²) >= 11 is 2.25. The second kappa shape index (κ2) is 4.98. The molecule has 0 atom stereocenters. The highest BCUT2D eigenvalue weighted by Crippen LogP contribution is 2.34. The van der Waals surface area contributed by atoms with Gasteiger partial charge in [-0.15, -0.1) is 0 Å². The largest absolute Gasteiger partial charge is 0.441 e. The zero-order valence-electron chi connectivity index (χ0n) is 11.3. The number of carbonyl (C=O) groups excluding carboxylic acids is 1. The zero-order chi connectivity index (χ0) is 14.4. The minimum Gasteiger partial charge on any atom is -0.441 e. The highest BCUT2D eigenvalue weighted by molar-refractivity contribution is 14.1. The highest BCUT2D eigenvalue weighted by Gasteiger charge is 2.25. The maximum absolute atomic E-state index is 12.1. The molecule has 0 bridgehead atoms. The van der Waals surface area contributed by atoms with E-state index in [1.165, 1.54) is 0 Å². The Kier molecular flexibility index (Phi) is 3.10. The Labute approximate surface area is 135 Å². The Balaban J connectivity index is 1.78. The van der Waals surface area contributed by atoms with E-state index >= 15 is 0 Å². The average Bonchev–Trinajstić information content (AvgIpc) is 3.01. The summed E-state index contributed by atoms with van der Waals surface area (Å²) in [5.74, 6) is 1.43. The molecule has 106 valence electrons. The van der Waals surface area contributed by atoms with Crippen LogP contribution < -0.4 is 5.32 Å². The minimum atomic E-state index is -0.0943. The van der Waals surface area contributed by atoms with Crippen LogP contribution in [0.3, 0.4) is 0 Å². The lowest BCUT2D eigenvalue weighted by Gasteiger charge is -2.05. The van der Waals surface area contributed by atoms with E-state index in [2.05, 4.69) is 32.9 Å². The number of nitrogens with one attached hydrogen (secondary N) is 1. The SMILES string of the molecule is O=C1Nc2ccc(I)cc2C1=Cc1nc2c(o1)CCCC2. The Morgan fingerprint density at radius 1 is 1.29 bits per heavy atom. The number of nitrogens with zero attached hydrogens (tertiary/aromatic N) is 1. The fourth-order valence-electron chi connectivity index (χ4n) is 2.86. The van der Waals surface area contributed by atoms with Crippen LogP contribution in [0.2, 0.25) is 0 Å². The molecule has 2 heterocycles. The number of amides is 1. The molecule has 0 unspecified atom stereocenters. The smallest absolute Gasteiger partial charge is 0.256 e. The molecule has 4 rings (SSSR count). The van der Waals surface area contributed by atoms with Gasteiger partial charge >= 0.3 is 0 Å². The quantitative estimate of drug-likeness (QED) is 0.596. The first-order valence-corrected chi connectivity index (χ1v) is 8.10. The summed E-state index contributed by atoms with van der Waals surface area (Å²) in [6.45, 7) is 0. The summed E-state index contributed by atoms with van der Waals surface area (Å²) in [5.41, 5.74) is 3.45. The van der Waals surface area contributed by atoms with E-state index in [0.717, 1.165) is 52.0 Å². The summed E-state index contributed by atoms with van der Waals surface area (Å²) in [7, 11) is 0. The van der Waals surface area contributed by atoms with Crippen molar-refractivity contribution in [3.63, 3.8) is 0 Å². The molecule has 1 aromatic heterocycles. The molecule has 1 N–H and O–H groups in total. The van der Waals surface area contributed by atoms with Crippen LogP contribution in [0, 0.1) is 3.57 Å². The molecule has 0 saturated carbocycles. The van der Waals surface area contributed by atoms with Crippen molar-refractivity contribution in [1.29, 1.82) is 0 Å². The van der Waals surface area contributed by atoms with Gasteiger partial charge < -0.3 is 9.73 Å². The molecule has 2 aromatic rings. The average molecular weight is 392 g/mol. The Bertz CT molecular complexity index is 753. The Morgan fingerprint density at radius 3 is 3.00 bits per heavy atom. The predicted molar refractivity (Wildman–Crippen MR) is 88.8 cm³/mol. The molecular weight excluding hydrogens is 379 g/mol. The number of aromatic nitrogens is 1. The van der Waals surface area contributed by atoms with E-state index in [9.17, 15) is 4.79 Å². The van der Waals surface area contributed by atoms with Gasteiger partial charge in [-0.25, -0.2) is 4.98 Å². The number of aryl methyl sites for hydroxylation is 2. The number of anilines is 1. The van der Waals surface area contributed by atoms with Crippen LogP contribution in [0.25, 0.3) is 11.6 Å². The van der Waals surface area contributed by atoms with Crippen molar-refractivity contribution in [2.75, 3.05) is 5.32 Å². The number of halogens is 1. The van der Waals surface area contributed by atoms with Gasteiger partial charge in [0.15, 0.2) is 0 Å². The second-order valence-electron chi connectivity index (χ2n) is 5.33. The molecule has 0 radical (unpaired) electrons. The van der Waals surface area contributed by atoms with Crippen molar-refractivity contribution >= 4 is 45.8 Å². The maximum atomic E-state index is 12.1. The first kappa shape index (κ1) is 13.1. The molecule has 0 saturated heterocycles. The number of rotatable bonds is 1. The summed E-state index contributed by atoms with van der Waals surface area (Å²) in [4.78, 5) is 16.7. The van der Waals surface area contributed by atoms with Gasteiger partial charge in [-0.3, -0.25) is 4.79 Å². The molecule has 1 aromatic carbocycles. The van der Waals surface area contributed by atoms with Gasteiger partial charge in [0.1, 0.15) is 5.76 Å². The summed E-state index contributed by atoms with van der Waals surface area (Å²) < 4.78 is 6.89. The van der Waals surface area contributed by atoms with Gasteiger partial charge in [-0.05, 0) is 60.1 Å². The molecule has 0 fully saturated rings. The lowest BCUT2D eigenvalue weighted by atomic mass is 10.0. The molecule has 2 aliphatic rings. The lowest BCUT2D eigenvalue weighted by Crippen LogP contribution is -2.03. The van der Waals surface area contributed by atoms with Crippen molar-refractivity contribution < 1.29 is 9.21 Å². The third-order valence-corrected chi connectivity index (χ3v) is 4.57. The van der Waals surface area contributed by atoms with E-state index in [1.807, 2.05) is 18.2 Å². The molecule has 1 amide bonds. The summed E-state index contributed by atoms with van der Waals surface area (Å²) in [6, 6.07) is 5.91. The van der Waals surface area contributed by atoms with E-state index in [1.54, 1.807) is 6.08 Å². The maximum Gasteiger partial charge on any atom is 0.256 e. The monoisotopic (exact) mass is 392 g/mol. The van der Waals surface area contributed by atoms with Gasteiger partial charge in [-0.1, -0.05) is 0 Å². The van der Waals surface area contributed by atoms with Crippen molar-refractivity contribution in [1.82, 2.24) is 4.98 Å². The molecule has 1 aliphatic heterocycles. The van der Waals surface area contributed by atoms with Gasteiger partial charge in [0.2, 0.25) is 5.89 Å². The van der Waals surface area contributed by atoms with E-state index in [4.69, 9.17) is 4.42 Å². The van der Waals surface area contributed by atoms with Gasteiger partial charge in [-0.2, -0.15) is 0 Å². The highest BCUT2D eigenvalue weighted by atomic mass is 127. The van der Waals surface area contributed by atoms with Gasteiger partial charge in [0, 0.05) is 27.3 Å². The fourth-order valence-corrected chi connectivity index (χ4v) is 3.35. The number of hydrogen-bond acceptors (Lipinski definition) is 3. The van der Waals surface area contributed by atoms with E-state index < -0.39 is 0 Å². The topological polar surface area (TPSA) is 55.1 Å². The van der Waals surface area contributed by atoms with E-state index in [-0.39, 0.29) is 5.91 Å². The summed E-state index contributed by atoms with van der Waals surface area (Å²) in [6.07, 6.45) is 6.00. The van der Waals surface area contributed by atoms with Crippen molar-refractivity contribution in [2.24, 2.45) is 0 Å². The number of fused-ring (bicyclic) bond motifs is 2. The number of benzene rings is 1. The predicted octanol–water partition coefficient (Wildman–Crippen LogP) is 3.65. The molecule has 5 heteroatoms. The van der Waals surface area contributed by atoms with Gasteiger partial charge in [0.05, 0.1) is 11.3 Å². The van der Waals surface area contributed by atoms with Crippen LogP contribution in [0.5, 0.6) is 0 Å². The third-order valence-electron chi connectivity index (χ3n) is 3.89. The Hall–Kier alpha value is -1.63. The molecule has 21 heavy (non-hydrogen) atoms. The van der Waals surface area contributed by atoms with Crippen molar-refractivity contribution in [3.05, 3.63) is 44.7 Å². The number of oxazole rings is 1. The van der Waals surface area contributed by atoms with Crippen LogP contribution in [-0.2, 0) is 17.6 Å². The van der Waals surface area contributed by atoms with Crippen LogP contribution in [0.4, 0.5) is 5.69 Å². The molecule has 0 spiro atoms. The second-order valence-corrected chi connectivity index (χ2v) is 6.58. The molecule has 4 nitrogen and oxygen atoms in total. The fraction of sp³-hybridized carbons (Fsp3) is 0.250. The van der Waals surface area contributed by atoms with Crippen LogP contribution in [0.1, 0.15) is 35.7 Å². The summed E-state index contributed by atoms with van der Waals surface area (Å²) in [5, 5.41) is 2.88. The van der Waals surface area contributed by atoms with Crippen LogP contribution in [-0.4, -0.2) is 10.9 Å². The molecule has 1 aliphatic carbocycles. The standard InChI is InChI=1S/C16H13IN2O2/c17-9-5-6-12-10(7-9)11(16(20)19-12)8-15-18-13-3-1-2-4-14(13)21-15/h5-8H,1-4H2,(H,19,20). The first-order valence-electron chi connectivity index (χ1n) is 7.02. The number of carbonyl (C=O) groups is 1.